The molecule has 0 amide bonds. The van der Waals surface area contributed by atoms with Gasteiger partial charge >= 0.3 is 0 Å². The molecule has 0 heterocycles. The van der Waals surface area contributed by atoms with E-state index in [4.69, 9.17) is 23.2 Å². The average molecular weight is 358 g/mol. The maximum absolute atomic E-state index is 12.4. The minimum absolute atomic E-state index is 0.0421. The summed E-state index contributed by atoms with van der Waals surface area (Å²) in [6.45, 7) is 5.90. The zero-order valence-electron chi connectivity index (χ0n) is 12.6. The molecule has 0 unspecified atom stereocenters. The summed E-state index contributed by atoms with van der Waals surface area (Å²) in [5.41, 5.74) is 3.75. The molecule has 0 aliphatic heterocycles. The van der Waals surface area contributed by atoms with Crippen molar-refractivity contribution >= 4 is 33.2 Å². The van der Waals surface area contributed by atoms with E-state index >= 15 is 0 Å². The van der Waals surface area contributed by atoms with Crippen LogP contribution in [0.15, 0.2) is 35.2 Å². The molecular weight excluding hydrogens is 341 g/mol. The summed E-state index contributed by atoms with van der Waals surface area (Å²) in [5, 5.41) is 0.557. The molecule has 0 saturated heterocycles. The summed E-state index contributed by atoms with van der Waals surface area (Å²) in [6, 6.07) is 8.87. The van der Waals surface area contributed by atoms with Gasteiger partial charge in [0, 0.05) is 11.6 Å². The first-order valence-corrected chi connectivity index (χ1v) is 8.95. The van der Waals surface area contributed by atoms with Crippen LogP contribution in [-0.2, 0) is 16.6 Å². The fourth-order valence-corrected chi connectivity index (χ4v) is 4.11. The van der Waals surface area contributed by atoms with E-state index in [2.05, 4.69) is 4.72 Å². The topological polar surface area (TPSA) is 46.2 Å². The zero-order valence-corrected chi connectivity index (χ0v) is 14.9. The largest absolute Gasteiger partial charge is 0.242 e. The molecule has 0 aliphatic carbocycles. The van der Waals surface area contributed by atoms with Gasteiger partial charge in [0.2, 0.25) is 10.0 Å². The summed E-state index contributed by atoms with van der Waals surface area (Å²) >= 11 is 12.0. The van der Waals surface area contributed by atoms with Crippen LogP contribution in [0.1, 0.15) is 22.3 Å². The Morgan fingerprint density at radius 2 is 1.50 bits per heavy atom. The van der Waals surface area contributed by atoms with Crippen LogP contribution in [-0.4, -0.2) is 8.42 Å². The molecule has 3 nitrogen and oxygen atoms in total. The lowest BCUT2D eigenvalue weighted by atomic mass is 10.1. The first kappa shape index (κ1) is 17.3. The van der Waals surface area contributed by atoms with Crippen molar-refractivity contribution in [2.75, 3.05) is 0 Å². The van der Waals surface area contributed by atoms with E-state index < -0.39 is 10.0 Å². The van der Waals surface area contributed by atoms with Gasteiger partial charge in [-0.25, -0.2) is 13.1 Å². The lowest BCUT2D eigenvalue weighted by Crippen LogP contribution is -2.23. The summed E-state index contributed by atoms with van der Waals surface area (Å²) < 4.78 is 27.4. The maximum atomic E-state index is 12.4. The van der Waals surface area contributed by atoms with Crippen molar-refractivity contribution in [3.8, 4) is 0 Å². The van der Waals surface area contributed by atoms with Crippen molar-refractivity contribution in [3.05, 3.63) is 62.6 Å². The highest BCUT2D eigenvalue weighted by atomic mass is 35.5. The van der Waals surface area contributed by atoms with Crippen molar-refractivity contribution in [1.82, 2.24) is 4.72 Å². The van der Waals surface area contributed by atoms with Gasteiger partial charge in [0.1, 0.15) is 4.90 Å². The first-order chi connectivity index (χ1) is 10.2. The summed E-state index contributed by atoms with van der Waals surface area (Å²) in [7, 11) is -3.69. The van der Waals surface area contributed by atoms with Gasteiger partial charge in [-0.1, -0.05) is 52.5 Å². The Balaban J connectivity index is 2.26. The molecule has 22 heavy (non-hydrogen) atoms. The molecule has 0 spiro atoms. The Morgan fingerprint density at radius 1 is 0.909 bits per heavy atom. The standard InChI is InChI=1S/C16H17Cl2NO2S/c1-10-4-11(2)6-13(5-10)9-19-22(20,21)16-7-12(3)14(17)8-15(16)18/h4-8,19H,9H2,1-3H3. The van der Waals surface area contributed by atoms with E-state index in [1.54, 1.807) is 6.92 Å². The van der Waals surface area contributed by atoms with Crippen LogP contribution in [0.2, 0.25) is 10.0 Å². The van der Waals surface area contributed by atoms with Gasteiger partial charge in [-0.15, -0.1) is 0 Å². The van der Waals surface area contributed by atoms with Gasteiger partial charge in [0.05, 0.1) is 5.02 Å². The van der Waals surface area contributed by atoms with Crippen LogP contribution < -0.4 is 4.72 Å². The summed E-state index contributed by atoms with van der Waals surface area (Å²) in [4.78, 5) is 0.0421. The predicted octanol–water partition coefficient (Wildman–Crippen LogP) is 4.40. The Bertz CT molecular complexity index is 797. The summed E-state index contributed by atoms with van der Waals surface area (Å²) in [5.74, 6) is 0. The van der Waals surface area contributed by atoms with Gasteiger partial charge in [0.15, 0.2) is 0 Å². The van der Waals surface area contributed by atoms with Crippen LogP contribution in [0.4, 0.5) is 0 Å². The van der Waals surface area contributed by atoms with Gasteiger partial charge < -0.3 is 0 Å². The van der Waals surface area contributed by atoms with Crippen LogP contribution in [0.25, 0.3) is 0 Å². The van der Waals surface area contributed by atoms with Crippen molar-refractivity contribution in [2.45, 2.75) is 32.2 Å². The SMILES string of the molecule is Cc1cc(C)cc(CNS(=O)(=O)c2cc(C)c(Cl)cc2Cl)c1. The highest BCUT2D eigenvalue weighted by Crippen LogP contribution is 2.28. The molecule has 2 aromatic rings. The second-order valence-corrected chi connectivity index (χ2v) is 7.90. The van der Waals surface area contributed by atoms with E-state index in [1.807, 2.05) is 32.0 Å². The maximum Gasteiger partial charge on any atom is 0.242 e. The lowest BCUT2D eigenvalue weighted by molar-refractivity contribution is 0.581. The lowest BCUT2D eigenvalue weighted by Gasteiger charge is -2.11. The van der Waals surface area contributed by atoms with Crippen molar-refractivity contribution < 1.29 is 8.42 Å². The second kappa shape index (κ2) is 6.59. The van der Waals surface area contributed by atoms with Crippen LogP contribution in [0.5, 0.6) is 0 Å². The van der Waals surface area contributed by atoms with Gasteiger partial charge in [-0.05, 0) is 44.0 Å². The smallest absolute Gasteiger partial charge is 0.207 e. The van der Waals surface area contributed by atoms with Crippen LogP contribution in [0, 0.1) is 20.8 Å². The van der Waals surface area contributed by atoms with Gasteiger partial charge in [0.25, 0.3) is 0 Å². The predicted molar refractivity (Wildman–Crippen MR) is 91.1 cm³/mol. The highest BCUT2D eigenvalue weighted by Gasteiger charge is 2.19. The quantitative estimate of drug-likeness (QED) is 0.881. The third-order valence-corrected chi connectivity index (χ3v) is 5.52. The molecule has 6 heteroatoms. The van der Waals surface area contributed by atoms with E-state index in [9.17, 15) is 8.42 Å². The van der Waals surface area contributed by atoms with Gasteiger partial charge in [-0.2, -0.15) is 0 Å². The number of sulfonamides is 1. The van der Waals surface area contributed by atoms with Crippen molar-refractivity contribution in [3.63, 3.8) is 0 Å². The number of benzene rings is 2. The highest BCUT2D eigenvalue weighted by molar-refractivity contribution is 7.89. The number of hydrogen-bond acceptors (Lipinski definition) is 2. The number of aryl methyl sites for hydroxylation is 3. The molecule has 2 rings (SSSR count). The normalized spacial score (nSPS) is 11.7. The fourth-order valence-electron chi connectivity index (χ4n) is 2.26. The Hall–Kier alpha value is -1.07. The van der Waals surface area contributed by atoms with E-state index in [0.29, 0.717) is 10.6 Å². The third-order valence-electron chi connectivity index (χ3n) is 3.25. The van der Waals surface area contributed by atoms with E-state index in [-0.39, 0.29) is 16.5 Å². The first-order valence-electron chi connectivity index (χ1n) is 6.71. The molecule has 0 atom stereocenters. The van der Waals surface area contributed by atoms with Crippen molar-refractivity contribution in [1.29, 1.82) is 0 Å². The average Bonchev–Trinajstić information content (AvgIpc) is 2.39. The Kier molecular flexibility index (Phi) is 5.17. The molecular formula is C16H17Cl2NO2S. The second-order valence-electron chi connectivity index (χ2n) is 5.35. The fraction of sp³-hybridized carbons (Fsp3) is 0.250. The van der Waals surface area contributed by atoms with Gasteiger partial charge in [-0.3, -0.25) is 0 Å². The van der Waals surface area contributed by atoms with E-state index in [1.165, 1.54) is 12.1 Å². The molecule has 0 radical (unpaired) electrons. The Morgan fingerprint density at radius 3 is 2.09 bits per heavy atom. The minimum Gasteiger partial charge on any atom is -0.207 e. The summed E-state index contributed by atoms with van der Waals surface area (Å²) in [6.07, 6.45) is 0. The zero-order chi connectivity index (χ0) is 16.5. The van der Waals surface area contributed by atoms with Crippen LogP contribution in [0.3, 0.4) is 0 Å². The molecule has 0 saturated carbocycles. The molecule has 0 bridgehead atoms. The minimum atomic E-state index is -3.69. The molecule has 0 aromatic heterocycles. The van der Waals surface area contributed by atoms with Crippen molar-refractivity contribution in [2.24, 2.45) is 0 Å². The molecule has 118 valence electrons. The molecule has 2 aromatic carbocycles. The molecule has 0 aliphatic rings. The number of halogens is 2. The van der Waals surface area contributed by atoms with E-state index in [0.717, 1.165) is 16.7 Å². The monoisotopic (exact) mass is 357 g/mol. The van der Waals surface area contributed by atoms with Crippen LogP contribution >= 0.6 is 23.2 Å². The molecule has 1 N–H and O–H groups in total. The Labute approximate surface area is 141 Å². The molecule has 0 fully saturated rings. The number of hydrogen-bond donors (Lipinski definition) is 1. The number of rotatable bonds is 4. The third kappa shape index (κ3) is 4.02. The number of nitrogens with one attached hydrogen (secondary N) is 1.